The second kappa shape index (κ2) is 5.30. The van der Waals surface area contributed by atoms with Crippen molar-refractivity contribution in [3.05, 3.63) is 61.0 Å². The van der Waals surface area contributed by atoms with Crippen LogP contribution in [0.5, 0.6) is 0 Å². The number of nitrogens with zero attached hydrogens (tertiary/aromatic N) is 1. The van der Waals surface area contributed by atoms with E-state index in [0.717, 1.165) is 11.3 Å². The largest absolute Gasteiger partial charge is 0.256 e. The van der Waals surface area contributed by atoms with Gasteiger partial charge >= 0.3 is 0 Å². The highest BCUT2D eigenvalue weighted by Gasteiger charge is 2.02. The lowest BCUT2D eigenvalue weighted by Crippen LogP contribution is -1.92. The van der Waals surface area contributed by atoms with Gasteiger partial charge in [0.15, 0.2) is 0 Å². The predicted octanol–water partition coefficient (Wildman–Crippen LogP) is 3.96. The van der Waals surface area contributed by atoms with Crippen LogP contribution in [0, 0.1) is 0 Å². The van der Waals surface area contributed by atoms with Crippen LogP contribution in [0.3, 0.4) is 0 Å². The third-order valence-corrected chi connectivity index (χ3v) is 2.26. The molecule has 0 atom stereocenters. The van der Waals surface area contributed by atoms with Gasteiger partial charge in [-0.05, 0) is 29.2 Å². The molecule has 1 aromatic rings. The number of aromatic nitrogens is 1. The van der Waals surface area contributed by atoms with Gasteiger partial charge in [-0.3, -0.25) is 4.98 Å². The maximum atomic E-state index is 4.32. The molecule has 1 heteroatoms. The van der Waals surface area contributed by atoms with Crippen LogP contribution in [0.4, 0.5) is 0 Å². The van der Waals surface area contributed by atoms with Crippen molar-refractivity contribution in [2.45, 2.75) is 19.8 Å². The summed E-state index contributed by atoms with van der Waals surface area (Å²) in [5, 5.41) is 0. The third kappa shape index (κ3) is 2.91. The molecule has 0 unspecified atom stereocenters. The van der Waals surface area contributed by atoms with Crippen molar-refractivity contribution in [1.29, 1.82) is 0 Å². The molecule has 0 N–H and O–H groups in total. The lowest BCUT2D eigenvalue weighted by atomic mass is 10.0. The van der Waals surface area contributed by atoms with Crippen LogP contribution in [-0.4, -0.2) is 4.98 Å². The van der Waals surface area contributed by atoms with Gasteiger partial charge < -0.3 is 0 Å². The van der Waals surface area contributed by atoms with Gasteiger partial charge in [-0.1, -0.05) is 45.2 Å². The Morgan fingerprint density at radius 3 is 2.67 bits per heavy atom. The van der Waals surface area contributed by atoms with Crippen molar-refractivity contribution in [2.75, 3.05) is 0 Å². The zero-order valence-electron chi connectivity index (χ0n) is 9.40. The molecule has 0 saturated carbocycles. The fourth-order valence-electron chi connectivity index (χ4n) is 1.35. The molecular weight excluding hydrogens is 182 g/mol. The van der Waals surface area contributed by atoms with Gasteiger partial charge in [-0.25, -0.2) is 0 Å². The summed E-state index contributed by atoms with van der Waals surface area (Å²) in [6.07, 6.45) is 7.30. The fourth-order valence-corrected chi connectivity index (χ4v) is 1.35. The summed E-state index contributed by atoms with van der Waals surface area (Å²) in [5.74, 6) is 0.515. The summed E-state index contributed by atoms with van der Waals surface area (Å²) in [7, 11) is 0. The van der Waals surface area contributed by atoms with Crippen LogP contribution >= 0.6 is 0 Å². The van der Waals surface area contributed by atoms with E-state index in [1.165, 1.54) is 5.56 Å². The maximum Gasteiger partial charge on any atom is 0.0704 e. The smallest absolute Gasteiger partial charge is 0.0704 e. The average molecular weight is 199 g/mol. The highest BCUT2D eigenvalue weighted by Crippen LogP contribution is 2.19. The molecule has 0 fully saturated rings. The Labute approximate surface area is 91.9 Å². The normalized spacial score (nSPS) is 11.5. The Balaban J connectivity index is 3.14. The first kappa shape index (κ1) is 11.4. The van der Waals surface area contributed by atoms with E-state index < -0.39 is 0 Å². The standard InChI is InChI=1S/C14H17N/c1-5-7-12(6-2)14-10-13(11(3)4)8-9-15-14/h5-11H,1-2H2,3-4H3/b12-7+. The number of hydrogen-bond acceptors (Lipinski definition) is 1. The minimum Gasteiger partial charge on any atom is -0.256 e. The Bertz CT molecular complexity index is 386. The average Bonchev–Trinajstić information content (AvgIpc) is 2.26. The molecule has 0 aliphatic rings. The van der Waals surface area contributed by atoms with E-state index in [4.69, 9.17) is 0 Å². The SMILES string of the molecule is C=C/C=C(\C=C)c1cc(C(C)C)ccn1. The van der Waals surface area contributed by atoms with E-state index in [-0.39, 0.29) is 0 Å². The van der Waals surface area contributed by atoms with Gasteiger partial charge in [0.2, 0.25) is 0 Å². The summed E-state index contributed by atoms with van der Waals surface area (Å²) in [6.45, 7) is 11.8. The minimum atomic E-state index is 0.515. The molecule has 1 nitrogen and oxygen atoms in total. The first-order valence-corrected chi connectivity index (χ1v) is 5.10. The Morgan fingerprint density at radius 2 is 2.13 bits per heavy atom. The van der Waals surface area contributed by atoms with Crippen LogP contribution in [0.25, 0.3) is 5.57 Å². The van der Waals surface area contributed by atoms with Crippen molar-refractivity contribution in [1.82, 2.24) is 4.98 Å². The molecule has 0 amide bonds. The molecular formula is C14H17N. The zero-order chi connectivity index (χ0) is 11.3. The third-order valence-electron chi connectivity index (χ3n) is 2.26. The summed E-state index contributed by atoms with van der Waals surface area (Å²) in [6, 6.07) is 4.14. The predicted molar refractivity (Wildman–Crippen MR) is 66.7 cm³/mol. The Kier molecular flexibility index (Phi) is 4.04. The summed E-state index contributed by atoms with van der Waals surface area (Å²) in [4.78, 5) is 4.32. The van der Waals surface area contributed by atoms with E-state index >= 15 is 0 Å². The topological polar surface area (TPSA) is 12.9 Å². The first-order valence-electron chi connectivity index (χ1n) is 5.10. The summed E-state index contributed by atoms with van der Waals surface area (Å²) in [5.41, 5.74) is 3.25. The summed E-state index contributed by atoms with van der Waals surface area (Å²) < 4.78 is 0. The maximum absolute atomic E-state index is 4.32. The molecule has 1 rings (SSSR count). The highest BCUT2D eigenvalue weighted by molar-refractivity contribution is 5.72. The van der Waals surface area contributed by atoms with Crippen LogP contribution in [0.2, 0.25) is 0 Å². The lowest BCUT2D eigenvalue weighted by Gasteiger charge is -2.07. The molecule has 0 saturated heterocycles. The summed E-state index contributed by atoms with van der Waals surface area (Å²) >= 11 is 0. The van der Waals surface area contributed by atoms with Crippen LogP contribution in [0.1, 0.15) is 31.0 Å². The minimum absolute atomic E-state index is 0.515. The van der Waals surface area contributed by atoms with Gasteiger partial charge in [0, 0.05) is 6.20 Å². The van der Waals surface area contributed by atoms with E-state index in [1.807, 2.05) is 18.3 Å². The molecule has 1 aromatic heterocycles. The Morgan fingerprint density at radius 1 is 1.40 bits per heavy atom. The number of rotatable bonds is 4. The Hall–Kier alpha value is -1.63. The molecule has 0 radical (unpaired) electrons. The van der Waals surface area contributed by atoms with Crippen molar-refractivity contribution in [2.24, 2.45) is 0 Å². The second-order valence-corrected chi connectivity index (χ2v) is 3.69. The van der Waals surface area contributed by atoms with E-state index in [9.17, 15) is 0 Å². The van der Waals surface area contributed by atoms with Crippen LogP contribution in [0.15, 0.2) is 49.7 Å². The number of allylic oxidation sites excluding steroid dienone is 4. The van der Waals surface area contributed by atoms with E-state index in [1.54, 1.807) is 12.2 Å². The van der Waals surface area contributed by atoms with E-state index in [0.29, 0.717) is 5.92 Å². The number of hydrogen-bond donors (Lipinski definition) is 0. The van der Waals surface area contributed by atoms with Crippen molar-refractivity contribution < 1.29 is 0 Å². The molecule has 0 aromatic carbocycles. The van der Waals surface area contributed by atoms with Gasteiger partial charge in [0.25, 0.3) is 0 Å². The van der Waals surface area contributed by atoms with Gasteiger partial charge in [0.1, 0.15) is 0 Å². The quantitative estimate of drug-likeness (QED) is 0.669. The lowest BCUT2D eigenvalue weighted by molar-refractivity contribution is 0.862. The molecule has 0 bridgehead atoms. The second-order valence-electron chi connectivity index (χ2n) is 3.69. The molecule has 0 spiro atoms. The highest BCUT2D eigenvalue weighted by atomic mass is 14.7. The molecule has 0 aliphatic heterocycles. The molecule has 1 heterocycles. The fraction of sp³-hybridized carbons (Fsp3) is 0.214. The van der Waals surface area contributed by atoms with Gasteiger partial charge in [-0.15, -0.1) is 0 Å². The van der Waals surface area contributed by atoms with Crippen LogP contribution < -0.4 is 0 Å². The number of pyridine rings is 1. The van der Waals surface area contributed by atoms with Gasteiger partial charge in [0.05, 0.1) is 5.69 Å². The molecule has 78 valence electrons. The van der Waals surface area contributed by atoms with E-state index in [2.05, 4.69) is 38.1 Å². The van der Waals surface area contributed by atoms with Crippen molar-refractivity contribution in [3.8, 4) is 0 Å². The zero-order valence-corrected chi connectivity index (χ0v) is 9.40. The van der Waals surface area contributed by atoms with Crippen LogP contribution in [-0.2, 0) is 0 Å². The molecule has 15 heavy (non-hydrogen) atoms. The van der Waals surface area contributed by atoms with Crippen molar-refractivity contribution in [3.63, 3.8) is 0 Å². The van der Waals surface area contributed by atoms with Crippen molar-refractivity contribution >= 4 is 5.57 Å². The monoisotopic (exact) mass is 199 g/mol. The molecule has 0 aliphatic carbocycles. The first-order chi connectivity index (χ1) is 7.19. The van der Waals surface area contributed by atoms with Gasteiger partial charge in [-0.2, -0.15) is 0 Å².